The number of aromatic carboxylic acids is 1. The second-order valence-corrected chi connectivity index (χ2v) is 6.47. The van der Waals surface area contributed by atoms with Crippen LogP contribution in [0.2, 0.25) is 0 Å². The van der Waals surface area contributed by atoms with Crippen LogP contribution in [0.3, 0.4) is 0 Å². The minimum Gasteiger partial charge on any atom is -0.478 e. The first-order chi connectivity index (χ1) is 9.79. The number of hydrogen-bond acceptors (Lipinski definition) is 5. The highest BCUT2D eigenvalue weighted by atomic mass is 32.2. The summed E-state index contributed by atoms with van der Waals surface area (Å²) in [6, 6.07) is 5.78. The van der Waals surface area contributed by atoms with Crippen LogP contribution >= 0.6 is 0 Å². The molecular weight excluding hydrogens is 294 g/mol. The summed E-state index contributed by atoms with van der Waals surface area (Å²) in [6.07, 6.45) is 4.00. The van der Waals surface area contributed by atoms with Crippen molar-refractivity contribution in [3.05, 3.63) is 47.8 Å². The highest BCUT2D eigenvalue weighted by Gasteiger charge is 2.20. The fraction of sp³-hybridized carbons (Fsp3) is 0.143. The van der Waals surface area contributed by atoms with E-state index >= 15 is 0 Å². The molecule has 2 rings (SSSR count). The Morgan fingerprint density at radius 1 is 1.33 bits per heavy atom. The molecule has 1 heterocycles. The number of carboxylic acids is 1. The summed E-state index contributed by atoms with van der Waals surface area (Å²) >= 11 is 0. The quantitative estimate of drug-likeness (QED) is 0.931. The molecule has 0 aliphatic heterocycles. The zero-order valence-corrected chi connectivity index (χ0v) is 12.2. The lowest BCUT2D eigenvalue weighted by atomic mass is 10.1. The first kappa shape index (κ1) is 15.0. The lowest BCUT2D eigenvalue weighted by Gasteiger charge is -2.12. The van der Waals surface area contributed by atoms with Crippen molar-refractivity contribution in [3.8, 4) is 11.5 Å². The molecule has 0 aliphatic rings. The lowest BCUT2D eigenvalue weighted by molar-refractivity contribution is 0.0696. The minimum atomic E-state index is -3.64. The number of hydrogen-bond donors (Lipinski definition) is 1. The molecule has 0 saturated carbocycles. The summed E-state index contributed by atoms with van der Waals surface area (Å²) in [5.41, 5.74) is 0.336. The van der Waals surface area contributed by atoms with Gasteiger partial charge in [0.1, 0.15) is 16.4 Å². The van der Waals surface area contributed by atoms with E-state index in [4.69, 9.17) is 9.84 Å². The van der Waals surface area contributed by atoms with E-state index in [0.29, 0.717) is 11.3 Å². The summed E-state index contributed by atoms with van der Waals surface area (Å²) in [5.74, 6) is -0.747. The molecule has 21 heavy (non-hydrogen) atoms. The molecule has 0 bridgehead atoms. The van der Waals surface area contributed by atoms with Crippen molar-refractivity contribution in [3.63, 3.8) is 0 Å². The summed E-state index contributed by atoms with van der Waals surface area (Å²) < 4.78 is 29.2. The van der Waals surface area contributed by atoms with Crippen LogP contribution in [-0.4, -0.2) is 30.7 Å². The SMILES string of the molecule is Cc1cc(Oc2cccnc2)c(S(C)(=O)=O)cc1C(=O)O. The van der Waals surface area contributed by atoms with Crippen LogP contribution in [-0.2, 0) is 9.84 Å². The largest absolute Gasteiger partial charge is 0.478 e. The molecule has 0 amide bonds. The molecule has 0 aliphatic carbocycles. The zero-order valence-electron chi connectivity index (χ0n) is 11.4. The van der Waals surface area contributed by atoms with E-state index in [1.54, 1.807) is 25.3 Å². The minimum absolute atomic E-state index is 0.0750. The predicted molar refractivity (Wildman–Crippen MR) is 75.6 cm³/mol. The van der Waals surface area contributed by atoms with Gasteiger partial charge in [0.2, 0.25) is 0 Å². The molecule has 6 nitrogen and oxygen atoms in total. The molecule has 1 aromatic heterocycles. The molecule has 110 valence electrons. The summed E-state index contributed by atoms with van der Waals surface area (Å²) in [5, 5.41) is 9.09. The number of ether oxygens (including phenoxy) is 1. The van der Waals surface area contributed by atoms with Gasteiger partial charge in [0.15, 0.2) is 9.84 Å². The number of aromatic nitrogens is 1. The number of rotatable bonds is 4. The maximum atomic E-state index is 11.8. The van der Waals surface area contributed by atoms with Crippen LogP contribution in [0.15, 0.2) is 41.6 Å². The second-order valence-electron chi connectivity index (χ2n) is 4.48. The molecule has 7 heteroatoms. The van der Waals surface area contributed by atoms with Crippen LogP contribution in [0.1, 0.15) is 15.9 Å². The molecule has 0 saturated heterocycles. The van der Waals surface area contributed by atoms with Crippen LogP contribution in [0.5, 0.6) is 11.5 Å². The highest BCUT2D eigenvalue weighted by Crippen LogP contribution is 2.31. The third kappa shape index (κ3) is 3.38. The van der Waals surface area contributed by atoms with Gasteiger partial charge in [0.05, 0.1) is 11.8 Å². The predicted octanol–water partition coefficient (Wildman–Crippen LogP) is 2.28. The van der Waals surface area contributed by atoms with Crippen molar-refractivity contribution >= 4 is 15.8 Å². The van der Waals surface area contributed by atoms with Gasteiger partial charge in [-0.15, -0.1) is 0 Å². The smallest absolute Gasteiger partial charge is 0.335 e. The van der Waals surface area contributed by atoms with Gasteiger partial charge in [-0.1, -0.05) is 0 Å². The monoisotopic (exact) mass is 307 g/mol. The van der Waals surface area contributed by atoms with Gasteiger partial charge in [-0.05, 0) is 36.8 Å². The summed E-state index contributed by atoms with van der Waals surface area (Å²) in [6.45, 7) is 1.58. The molecule has 2 aromatic rings. The van der Waals surface area contributed by atoms with Gasteiger partial charge in [-0.3, -0.25) is 4.98 Å². The standard InChI is InChI=1S/C14H13NO5S/c1-9-6-12(20-10-4-3-5-15-8-10)13(21(2,18)19)7-11(9)14(16)17/h3-8H,1-2H3,(H,16,17). The number of sulfone groups is 1. The van der Waals surface area contributed by atoms with Crippen molar-refractivity contribution in [1.82, 2.24) is 4.98 Å². The number of nitrogens with zero attached hydrogens (tertiary/aromatic N) is 1. The number of carboxylic acid groups (broad SMARTS) is 1. The van der Waals surface area contributed by atoms with Gasteiger partial charge in [-0.2, -0.15) is 0 Å². The Kier molecular flexibility index (Phi) is 3.95. The van der Waals surface area contributed by atoms with Crippen LogP contribution in [0.25, 0.3) is 0 Å². The second kappa shape index (κ2) is 5.53. The first-order valence-corrected chi connectivity index (χ1v) is 7.84. The molecule has 0 spiro atoms. The van der Waals surface area contributed by atoms with Crippen LogP contribution < -0.4 is 4.74 Å². The third-order valence-electron chi connectivity index (χ3n) is 2.78. The van der Waals surface area contributed by atoms with Crippen molar-refractivity contribution in [2.24, 2.45) is 0 Å². The average molecular weight is 307 g/mol. The van der Waals surface area contributed by atoms with Gasteiger partial charge in [0, 0.05) is 12.5 Å². The van der Waals surface area contributed by atoms with Gasteiger partial charge in [0.25, 0.3) is 0 Å². The third-order valence-corrected chi connectivity index (χ3v) is 3.90. The Morgan fingerprint density at radius 2 is 2.05 bits per heavy atom. The Hall–Kier alpha value is -2.41. The molecule has 0 atom stereocenters. The number of carbonyl (C=O) groups is 1. The van der Waals surface area contributed by atoms with Gasteiger partial charge < -0.3 is 9.84 Å². The normalized spacial score (nSPS) is 11.1. The van der Waals surface area contributed by atoms with E-state index in [1.807, 2.05) is 0 Å². The molecular formula is C14H13NO5S. The van der Waals surface area contributed by atoms with Crippen LogP contribution in [0, 0.1) is 6.92 Å². The zero-order chi connectivity index (χ0) is 15.6. The van der Waals surface area contributed by atoms with Crippen molar-refractivity contribution < 1.29 is 23.1 Å². The molecule has 1 N–H and O–H groups in total. The van der Waals surface area contributed by atoms with E-state index in [9.17, 15) is 13.2 Å². The molecule has 1 aromatic carbocycles. The van der Waals surface area contributed by atoms with Crippen molar-refractivity contribution in [2.75, 3.05) is 6.26 Å². The van der Waals surface area contributed by atoms with Crippen LogP contribution in [0.4, 0.5) is 0 Å². The Labute approximate surface area is 121 Å². The first-order valence-electron chi connectivity index (χ1n) is 5.95. The number of aryl methyl sites for hydroxylation is 1. The number of benzene rings is 1. The van der Waals surface area contributed by atoms with E-state index < -0.39 is 15.8 Å². The Bertz CT molecular complexity index is 785. The van der Waals surface area contributed by atoms with Gasteiger partial charge >= 0.3 is 5.97 Å². The fourth-order valence-electron chi connectivity index (χ4n) is 1.80. The maximum Gasteiger partial charge on any atom is 0.335 e. The van der Waals surface area contributed by atoms with E-state index in [-0.39, 0.29) is 16.2 Å². The molecule has 0 unspecified atom stereocenters. The fourth-order valence-corrected chi connectivity index (χ4v) is 2.59. The van der Waals surface area contributed by atoms with E-state index in [0.717, 1.165) is 12.3 Å². The molecule has 0 radical (unpaired) electrons. The van der Waals surface area contributed by atoms with Crippen molar-refractivity contribution in [2.45, 2.75) is 11.8 Å². The Balaban J connectivity index is 2.59. The number of pyridine rings is 1. The van der Waals surface area contributed by atoms with E-state index in [2.05, 4.69) is 4.98 Å². The summed E-state index contributed by atoms with van der Waals surface area (Å²) in [7, 11) is -3.64. The molecule has 0 fully saturated rings. The Morgan fingerprint density at radius 3 is 2.57 bits per heavy atom. The lowest BCUT2D eigenvalue weighted by Crippen LogP contribution is -2.06. The van der Waals surface area contributed by atoms with Gasteiger partial charge in [-0.25, -0.2) is 13.2 Å². The highest BCUT2D eigenvalue weighted by molar-refractivity contribution is 7.90. The summed E-state index contributed by atoms with van der Waals surface area (Å²) in [4.78, 5) is 14.8. The topological polar surface area (TPSA) is 93.6 Å². The van der Waals surface area contributed by atoms with Crippen molar-refractivity contribution in [1.29, 1.82) is 0 Å². The average Bonchev–Trinajstić information content (AvgIpc) is 2.38. The maximum absolute atomic E-state index is 11.8. The van der Waals surface area contributed by atoms with E-state index in [1.165, 1.54) is 12.3 Å².